The van der Waals surface area contributed by atoms with E-state index in [0.717, 1.165) is 25.4 Å². The van der Waals surface area contributed by atoms with Gasteiger partial charge in [0.05, 0.1) is 12.3 Å². The van der Waals surface area contributed by atoms with Gasteiger partial charge in [0.25, 0.3) is 0 Å². The zero-order valence-corrected chi connectivity index (χ0v) is 8.36. The van der Waals surface area contributed by atoms with E-state index in [1.165, 1.54) is 6.42 Å². The topological polar surface area (TPSA) is 47.0 Å². The minimum Gasteiger partial charge on any atom is -0.476 e. The second kappa shape index (κ2) is 4.37. The van der Waals surface area contributed by atoms with Crippen LogP contribution in [-0.2, 0) is 0 Å². The standard InChI is InChI=1S/C10H15N3O/c1-8-2-3-10(13-12-8)14-7-9-4-5-11-6-9/h2-3,9,11H,4-7H2,1H3/t9-/m0/s1. The summed E-state index contributed by atoms with van der Waals surface area (Å²) in [4.78, 5) is 0. The summed E-state index contributed by atoms with van der Waals surface area (Å²) in [5, 5.41) is 11.2. The number of nitrogens with one attached hydrogen (secondary N) is 1. The number of hydrogen-bond acceptors (Lipinski definition) is 4. The molecule has 0 saturated carbocycles. The Morgan fingerprint density at radius 3 is 3.07 bits per heavy atom. The summed E-state index contributed by atoms with van der Waals surface area (Å²) in [7, 11) is 0. The van der Waals surface area contributed by atoms with E-state index in [1.54, 1.807) is 0 Å². The van der Waals surface area contributed by atoms with Crippen molar-refractivity contribution in [2.45, 2.75) is 13.3 Å². The molecular weight excluding hydrogens is 178 g/mol. The average Bonchev–Trinajstić information content (AvgIpc) is 2.70. The monoisotopic (exact) mass is 193 g/mol. The number of rotatable bonds is 3. The van der Waals surface area contributed by atoms with Crippen molar-refractivity contribution in [1.82, 2.24) is 15.5 Å². The quantitative estimate of drug-likeness (QED) is 0.770. The Morgan fingerprint density at radius 1 is 1.50 bits per heavy atom. The van der Waals surface area contributed by atoms with Gasteiger partial charge in [0.2, 0.25) is 5.88 Å². The molecular formula is C10H15N3O. The molecule has 1 fully saturated rings. The number of nitrogens with zero attached hydrogens (tertiary/aromatic N) is 2. The fourth-order valence-corrected chi connectivity index (χ4v) is 1.52. The number of ether oxygens (including phenoxy) is 1. The van der Waals surface area contributed by atoms with Gasteiger partial charge >= 0.3 is 0 Å². The summed E-state index contributed by atoms with van der Waals surface area (Å²) in [6.07, 6.45) is 1.19. The molecule has 1 aliphatic rings. The maximum absolute atomic E-state index is 5.53. The molecule has 0 unspecified atom stereocenters. The number of aryl methyl sites for hydroxylation is 1. The van der Waals surface area contributed by atoms with Crippen molar-refractivity contribution in [1.29, 1.82) is 0 Å². The predicted octanol–water partition coefficient (Wildman–Crippen LogP) is 0.773. The van der Waals surface area contributed by atoms with E-state index in [4.69, 9.17) is 4.74 Å². The summed E-state index contributed by atoms with van der Waals surface area (Å²) in [5.74, 6) is 1.25. The largest absolute Gasteiger partial charge is 0.476 e. The molecule has 1 atom stereocenters. The molecule has 76 valence electrons. The third-order valence-corrected chi connectivity index (χ3v) is 2.40. The first kappa shape index (κ1) is 9.40. The van der Waals surface area contributed by atoms with Crippen LogP contribution in [0.5, 0.6) is 5.88 Å². The maximum atomic E-state index is 5.53. The lowest BCUT2D eigenvalue weighted by Crippen LogP contribution is -2.16. The third-order valence-electron chi connectivity index (χ3n) is 2.40. The third kappa shape index (κ3) is 2.42. The lowest BCUT2D eigenvalue weighted by molar-refractivity contribution is 0.248. The molecule has 0 aliphatic carbocycles. The normalized spacial score (nSPS) is 21.1. The minimum absolute atomic E-state index is 0.623. The van der Waals surface area contributed by atoms with Crippen molar-refractivity contribution in [2.75, 3.05) is 19.7 Å². The summed E-state index contributed by atoms with van der Waals surface area (Å²) in [6.45, 7) is 4.81. The van der Waals surface area contributed by atoms with Gasteiger partial charge in [-0.1, -0.05) is 0 Å². The first-order valence-electron chi connectivity index (χ1n) is 4.98. The van der Waals surface area contributed by atoms with E-state index in [-0.39, 0.29) is 0 Å². The van der Waals surface area contributed by atoms with Crippen LogP contribution in [0, 0.1) is 12.8 Å². The smallest absolute Gasteiger partial charge is 0.233 e. The Hall–Kier alpha value is -1.16. The van der Waals surface area contributed by atoms with Crippen LogP contribution in [0.15, 0.2) is 12.1 Å². The predicted molar refractivity (Wildman–Crippen MR) is 53.2 cm³/mol. The zero-order valence-electron chi connectivity index (χ0n) is 8.36. The van der Waals surface area contributed by atoms with Gasteiger partial charge in [-0.05, 0) is 26.0 Å². The van der Waals surface area contributed by atoms with Gasteiger partial charge in [-0.2, -0.15) is 5.10 Å². The summed E-state index contributed by atoms with van der Waals surface area (Å²) in [6, 6.07) is 3.78. The SMILES string of the molecule is Cc1ccc(OC[C@H]2CCNC2)nn1. The van der Waals surface area contributed by atoms with Gasteiger partial charge < -0.3 is 10.1 Å². The molecule has 0 aromatic carbocycles. The lowest BCUT2D eigenvalue weighted by atomic mass is 10.1. The number of hydrogen-bond donors (Lipinski definition) is 1. The van der Waals surface area contributed by atoms with Crippen molar-refractivity contribution in [3.05, 3.63) is 17.8 Å². The second-order valence-electron chi connectivity index (χ2n) is 3.68. The van der Waals surface area contributed by atoms with E-state index in [2.05, 4.69) is 15.5 Å². The molecule has 14 heavy (non-hydrogen) atoms. The maximum Gasteiger partial charge on any atom is 0.233 e. The molecule has 1 N–H and O–H groups in total. The molecule has 1 aliphatic heterocycles. The highest BCUT2D eigenvalue weighted by atomic mass is 16.5. The Labute approximate surface area is 83.7 Å². The zero-order chi connectivity index (χ0) is 9.80. The van der Waals surface area contributed by atoms with Gasteiger partial charge in [0.1, 0.15) is 0 Å². The molecule has 2 rings (SSSR count). The Morgan fingerprint density at radius 2 is 2.43 bits per heavy atom. The lowest BCUT2D eigenvalue weighted by Gasteiger charge is -2.09. The van der Waals surface area contributed by atoms with Crippen LogP contribution in [0.3, 0.4) is 0 Å². The average molecular weight is 193 g/mol. The summed E-state index contributed by atoms with van der Waals surface area (Å²) >= 11 is 0. The van der Waals surface area contributed by atoms with Crippen LogP contribution in [0.25, 0.3) is 0 Å². The minimum atomic E-state index is 0.623. The van der Waals surface area contributed by atoms with Crippen LogP contribution in [0.1, 0.15) is 12.1 Å². The van der Waals surface area contributed by atoms with Crippen molar-refractivity contribution in [2.24, 2.45) is 5.92 Å². The molecule has 1 saturated heterocycles. The fraction of sp³-hybridized carbons (Fsp3) is 0.600. The van der Waals surface area contributed by atoms with Crippen LogP contribution >= 0.6 is 0 Å². The molecule has 0 bridgehead atoms. The van der Waals surface area contributed by atoms with Crippen LogP contribution in [0.4, 0.5) is 0 Å². The summed E-state index contributed by atoms with van der Waals surface area (Å²) in [5.41, 5.74) is 0.917. The van der Waals surface area contributed by atoms with E-state index in [1.807, 2.05) is 19.1 Å². The molecule has 4 heteroatoms. The van der Waals surface area contributed by atoms with E-state index in [0.29, 0.717) is 11.8 Å². The first-order valence-corrected chi connectivity index (χ1v) is 4.98. The second-order valence-corrected chi connectivity index (χ2v) is 3.68. The van der Waals surface area contributed by atoms with E-state index >= 15 is 0 Å². The van der Waals surface area contributed by atoms with Gasteiger partial charge in [-0.25, -0.2) is 0 Å². The van der Waals surface area contributed by atoms with E-state index in [9.17, 15) is 0 Å². The molecule has 0 amide bonds. The van der Waals surface area contributed by atoms with Crippen molar-refractivity contribution < 1.29 is 4.74 Å². The Kier molecular flexibility index (Phi) is 2.93. The fourth-order valence-electron chi connectivity index (χ4n) is 1.52. The highest BCUT2D eigenvalue weighted by molar-refractivity contribution is 5.10. The van der Waals surface area contributed by atoms with Crippen molar-refractivity contribution in [3.8, 4) is 5.88 Å². The molecule has 1 aromatic heterocycles. The van der Waals surface area contributed by atoms with Crippen LogP contribution in [0.2, 0.25) is 0 Å². The summed E-state index contributed by atoms with van der Waals surface area (Å²) < 4.78 is 5.53. The molecule has 2 heterocycles. The van der Waals surface area contributed by atoms with Crippen LogP contribution < -0.4 is 10.1 Å². The molecule has 4 nitrogen and oxygen atoms in total. The van der Waals surface area contributed by atoms with Gasteiger partial charge in [0, 0.05) is 18.5 Å². The van der Waals surface area contributed by atoms with Gasteiger partial charge in [0.15, 0.2) is 0 Å². The van der Waals surface area contributed by atoms with Crippen molar-refractivity contribution >= 4 is 0 Å². The van der Waals surface area contributed by atoms with Crippen LogP contribution in [-0.4, -0.2) is 29.9 Å². The van der Waals surface area contributed by atoms with Gasteiger partial charge in [-0.15, -0.1) is 5.10 Å². The molecule has 0 radical (unpaired) electrons. The molecule has 1 aromatic rings. The first-order chi connectivity index (χ1) is 6.84. The highest BCUT2D eigenvalue weighted by Crippen LogP contribution is 2.10. The Balaban J connectivity index is 1.82. The Bertz CT molecular complexity index is 280. The van der Waals surface area contributed by atoms with E-state index < -0.39 is 0 Å². The highest BCUT2D eigenvalue weighted by Gasteiger charge is 2.14. The van der Waals surface area contributed by atoms with Crippen molar-refractivity contribution in [3.63, 3.8) is 0 Å². The van der Waals surface area contributed by atoms with Gasteiger partial charge in [-0.3, -0.25) is 0 Å². The number of aromatic nitrogens is 2. The molecule has 0 spiro atoms.